The lowest BCUT2D eigenvalue weighted by Crippen LogP contribution is -2.39. The lowest BCUT2D eigenvalue weighted by atomic mass is 10.0. The van der Waals surface area contributed by atoms with Gasteiger partial charge in [-0.25, -0.2) is 0 Å². The molecule has 1 aliphatic carbocycles. The van der Waals surface area contributed by atoms with Gasteiger partial charge in [-0.15, -0.1) is 15.3 Å². The topological polar surface area (TPSA) is 67.6 Å². The lowest BCUT2D eigenvalue weighted by molar-refractivity contribution is 0.0398. The van der Waals surface area contributed by atoms with Crippen molar-refractivity contribution in [3.63, 3.8) is 0 Å². The highest BCUT2D eigenvalue weighted by Gasteiger charge is 2.17. The maximum atomic E-state index is 5.42. The Morgan fingerprint density at radius 1 is 1.07 bits per heavy atom. The van der Waals surface area contributed by atoms with Gasteiger partial charge in [-0.05, 0) is 11.6 Å². The summed E-state index contributed by atoms with van der Waals surface area (Å²) in [5.41, 5.74) is 3.96. The molecule has 0 saturated carbocycles. The van der Waals surface area contributed by atoms with Crippen molar-refractivity contribution in [2.45, 2.75) is 0 Å². The molecule has 0 spiro atoms. The highest BCUT2D eigenvalue weighted by molar-refractivity contribution is 5.87. The fraction of sp³-hybridized carbons (Fsp3) is 0.286. The van der Waals surface area contributed by atoms with E-state index in [1.807, 2.05) is 40.9 Å². The van der Waals surface area contributed by atoms with Crippen molar-refractivity contribution < 1.29 is 4.74 Å². The molecule has 7 heteroatoms. The molecule has 142 valence electrons. The van der Waals surface area contributed by atoms with E-state index in [9.17, 15) is 0 Å². The summed E-state index contributed by atoms with van der Waals surface area (Å²) in [4.78, 5) is 2.41. The molecule has 1 saturated heterocycles. The smallest absolute Gasteiger partial charge is 0.185 e. The molecule has 2 aliphatic rings. The first kappa shape index (κ1) is 17.1. The van der Waals surface area contributed by atoms with Gasteiger partial charge in [-0.3, -0.25) is 4.90 Å². The van der Waals surface area contributed by atoms with E-state index in [4.69, 9.17) is 9.84 Å². The summed E-state index contributed by atoms with van der Waals surface area (Å²) in [6.45, 7) is 5.38. The summed E-state index contributed by atoms with van der Waals surface area (Å²) < 4.78 is 7.24. The van der Waals surface area contributed by atoms with Gasteiger partial charge >= 0.3 is 0 Å². The number of anilines is 1. The first-order valence-corrected chi connectivity index (χ1v) is 9.63. The number of aromatic nitrogens is 4. The van der Waals surface area contributed by atoms with Crippen LogP contribution < -0.4 is 5.32 Å². The Labute approximate surface area is 163 Å². The number of benzene rings is 1. The lowest BCUT2D eigenvalue weighted by Gasteiger charge is -2.26. The molecule has 7 nitrogen and oxygen atoms in total. The standard InChI is InChI=1S/C21H22N6O/c1-2-5-17(6-3-1)21-24-23-19-15-18(16-7-4-8-16)20(25-27(19)21)22-9-10-26-11-13-28-14-12-26/h1-8,15H,9-14H2,(H,22,25). The van der Waals surface area contributed by atoms with Crippen LogP contribution in [-0.2, 0) is 4.74 Å². The van der Waals surface area contributed by atoms with Gasteiger partial charge in [-0.2, -0.15) is 4.52 Å². The molecule has 0 unspecified atom stereocenters. The quantitative estimate of drug-likeness (QED) is 0.715. The van der Waals surface area contributed by atoms with E-state index in [1.165, 1.54) is 0 Å². The Morgan fingerprint density at radius 3 is 2.64 bits per heavy atom. The van der Waals surface area contributed by atoms with Crippen LogP contribution in [0.2, 0.25) is 0 Å². The molecule has 1 N–H and O–H groups in total. The maximum absolute atomic E-state index is 5.42. The highest BCUT2D eigenvalue weighted by Crippen LogP contribution is 2.29. The van der Waals surface area contributed by atoms with E-state index in [2.05, 4.69) is 38.6 Å². The van der Waals surface area contributed by atoms with Gasteiger partial charge in [-0.1, -0.05) is 48.6 Å². The van der Waals surface area contributed by atoms with Crippen LogP contribution in [0.4, 0.5) is 5.82 Å². The fourth-order valence-electron chi connectivity index (χ4n) is 3.48. The average molecular weight is 374 g/mol. The number of nitrogens with one attached hydrogen (secondary N) is 1. The number of fused-ring (bicyclic) bond motifs is 1. The molecule has 28 heavy (non-hydrogen) atoms. The summed E-state index contributed by atoms with van der Waals surface area (Å²) in [5.74, 6) is 1.60. The SMILES string of the molecule is C1=CC(c2cc3nnc(-c4ccccc4)n3nc2NCCN2CCOCC2)=C1. The van der Waals surface area contributed by atoms with E-state index in [1.54, 1.807) is 0 Å². The van der Waals surface area contributed by atoms with Crippen LogP contribution in [0.5, 0.6) is 0 Å². The van der Waals surface area contributed by atoms with Crippen LogP contribution >= 0.6 is 0 Å². The Bertz CT molecular complexity index is 1030. The molecule has 1 fully saturated rings. The van der Waals surface area contributed by atoms with Crippen LogP contribution in [0.1, 0.15) is 5.56 Å². The Hall–Kier alpha value is -3.03. The minimum atomic E-state index is 0.744. The second kappa shape index (κ2) is 7.53. The fourth-order valence-corrected chi connectivity index (χ4v) is 3.48. The second-order valence-corrected chi connectivity index (χ2v) is 6.93. The van der Waals surface area contributed by atoms with Crippen molar-refractivity contribution in [3.8, 4) is 11.4 Å². The monoisotopic (exact) mass is 374 g/mol. The first-order valence-electron chi connectivity index (χ1n) is 9.63. The van der Waals surface area contributed by atoms with E-state index in [0.717, 1.165) is 73.4 Å². The predicted octanol–water partition coefficient (Wildman–Crippen LogP) is 2.49. The number of rotatable bonds is 6. The highest BCUT2D eigenvalue weighted by atomic mass is 16.5. The summed E-state index contributed by atoms with van der Waals surface area (Å²) in [6, 6.07) is 12.1. The van der Waals surface area contributed by atoms with Crippen LogP contribution in [0.3, 0.4) is 0 Å². The maximum Gasteiger partial charge on any atom is 0.185 e. The van der Waals surface area contributed by atoms with Gasteiger partial charge in [0.05, 0.1) is 13.2 Å². The summed E-state index contributed by atoms with van der Waals surface area (Å²) in [6.07, 6.45) is 6.22. The molecule has 0 amide bonds. The molecule has 3 aromatic rings. The van der Waals surface area contributed by atoms with Crippen molar-refractivity contribution in [3.05, 3.63) is 60.2 Å². The number of allylic oxidation sites excluding steroid dienone is 4. The Kier molecular flexibility index (Phi) is 4.60. The van der Waals surface area contributed by atoms with Crippen molar-refractivity contribution >= 4 is 17.0 Å². The third-order valence-electron chi connectivity index (χ3n) is 5.11. The molecule has 0 radical (unpaired) electrons. The average Bonchev–Trinajstić information content (AvgIpc) is 3.11. The minimum Gasteiger partial charge on any atom is -0.379 e. The van der Waals surface area contributed by atoms with Crippen LogP contribution in [0.25, 0.3) is 22.6 Å². The number of hydrogen-bond acceptors (Lipinski definition) is 6. The van der Waals surface area contributed by atoms with Crippen molar-refractivity contribution in [1.29, 1.82) is 0 Å². The molecule has 0 bridgehead atoms. The molecule has 5 rings (SSSR count). The molecule has 1 aliphatic heterocycles. The number of hydrogen-bond donors (Lipinski definition) is 1. The molecule has 2 aromatic heterocycles. The van der Waals surface area contributed by atoms with Crippen molar-refractivity contribution in [2.75, 3.05) is 44.7 Å². The number of morpholine rings is 1. The first-order chi connectivity index (χ1) is 13.9. The molecule has 3 heterocycles. The third kappa shape index (κ3) is 3.30. The third-order valence-corrected chi connectivity index (χ3v) is 5.11. The molecular formula is C21H22N6O. The van der Waals surface area contributed by atoms with E-state index >= 15 is 0 Å². The van der Waals surface area contributed by atoms with Gasteiger partial charge < -0.3 is 10.1 Å². The van der Waals surface area contributed by atoms with Crippen LogP contribution in [0, 0.1) is 0 Å². The summed E-state index contributed by atoms with van der Waals surface area (Å²) in [7, 11) is 0. The van der Waals surface area contributed by atoms with Crippen molar-refractivity contribution in [2.24, 2.45) is 0 Å². The van der Waals surface area contributed by atoms with Crippen LogP contribution in [0.15, 0.2) is 54.6 Å². The van der Waals surface area contributed by atoms with Crippen molar-refractivity contribution in [1.82, 2.24) is 24.7 Å². The van der Waals surface area contributed by atoms with Gasteiger partial charge in [0.15, 0.2) is 17.3 Å². The van der Waals surface area contributed by atoms with E-state index < -0.39 is 0 Å². The van der Waals surface area contributed by atoms with Gasteiger partial charge in [0.25, 0.3) is 0 Å². The zero-order chi connectivity index (χ0) is 18.8. The zero-order valence-corrected chi connectivity index (χ0v) is 15.6. The Balaban J connectivity index is 1.44. The largest absolute Gasteiger partial charge is 0.379 e. The minimum absolute atomic E-state index is 0.744. The van der Waals surface area contributed by atoms with E-state index in [-0.39, 0.29) is 0 Å². The van der Waals surface area contributed by atoms with Crippen LogP contribution in [-0.4, -0.2) is 64.1 Å². The molecule has 0 atom stereocenters. The van der Waals surface area contributed by atoms with Gasteiger partial charge in [0.1, 0.15) is 0 Å². The normalized spacial score (nSPS) is 16.8. The predicted molar refractivity (Wildman–Crippen MR) is 109 cm³/mol. The Morgan fingerprint density at radius 2 is 1.89 bits per heavy atom. The number of ether oxygens (including phenoxy) is 1. The summed E-state index contributed by atoms with van der Waals surface area (Å²) >= 11 is 0. The zero-order valence-electron chi connectivity index (χ0n) is 15.6. The number of nitrogens with zero attached hydrogens (tertiary/aromatic N) is 5. The second-order valence-electron chi connectivity index (χ2n) is 6.93. The van der Waals surface area contributed by atoms with Gasteiger partial charge in [0, 0.05) is 37.3 Å². The molecule has 1 aromatic carbocycles. The molecular weight excluding hydrogens is 352 g/mol. The van der Waals surface area contributed by atoms with Gasteiger partial charge in [0.2, 0.25) is 0 Å². The van der Waals surface area contributed by atoms with E-state index in [0.29, 0.717) is 0 Å². The summed E-state index contributed by atoms with van der Waals surface area (Å²) in [5, 5.41) is 17.1.